The molecular formula is C23H30ClN3O2. The first kappa shape index (κ1) is 20.4. The average Bonchev–Trinajstić information content (AvgIpc) is 3.10. The van der Waals surface area contributed by atoms with Gasteiger partial charge in [0.25, 0.3) is 0 Å². The molecule has 2 heterocycles. The lowest BCUT2D eigenvalue weighted by Crippen LogP contribution is -2.44. The highest BCUT2D eigenvalue weighted by atomic mass is 35.5. The molecule has 156 valence electrons. The molecule has 1 amide bonds. The van der Waals surface area contributed by atoms with Crippen LogP contribution < -0.4 is 5.32 Å². The summed E-state index contributed by atoms with van der Waals surface area (Å²) >= 11 is 6.09. The van der Waals surface area contributed by atoms with Crippen molar-refractivity contribution in [3.8, 4) is 11.5 Å². The summed E-state index contributed by atoms with van der Waals surface area (Å²) in [5, 5.41) is 3.97. The number of benzene rings is 1. The van der Waals surface area contributed by atoms with Gasteiger partial charge in [0.05, 0.1) is 5.69 Å². The first-order valence-electron chi connectivity index (χ1n) is 10.8. The quantitative estimate of drug-likeness (QED) is 0.749. The van der Waals surface area contributed by atoms with Gasteiger partial charge < -0.3 is 9.73 Å². The van der Waals surface area contributed by atoms with E-state index in [-0.39, 0.29) is 11.8 Å². The van der Waals surface area contributed by atoms with Gasteiger partial charge in [-0.25, -0.2) is 4.98 Å². The maximum atomic E-state index is 12.6. The minimum absolute atomic E-state index is 0.147. The van der Waals surface area contributed by atoms with E-state index in [2.05, 4.69) is 10.2 Å². The lowest BCUT2D eigenvalue weighted by molar-refractivity contribution is -0.127. The van der Waals surface area contributed by atoms with Gasteiger partial charge in [-0.2, -0.15) is 0 Å². The second kappa shape index (κ2) is 9.31. The monoisotopic (exact) mass is 415 g/mol. The molecule has 29 heavy (non-hydrogen) atoms. The number of amides is 1. The number of piperidine rings is 1. The summed E-state index contributed by atoms with van der Waals surface area (Å²) in [6.07, 6.45) is 7.92. The third kappa shape index (κ3) is 5.20. The molecule has 1 aromatic carbocycles. The number of likely N-dealkylation sites (tertiary alicyclic amines) is 1. The average molecular weight is 416 g/mol. The number of nitrogens with zero attached hydrogens (tertiary/aromatic N) is 2. The Labute approximate surface area is 177 Å². The third-order valence-corrected chi connectivity index (χ3v) is 6.48. The highest BCUT2D eigenvalue weighted by Gasteiger charge is 2.27. The number of halogens is 1. The highest BCUT2D eigenvalue weighted by Crippen LogP contribution is 2.26. The number of nitrogens with one attached hydrogen (secondary N) is 1. The summed E-state index contributed by atoms with van der Waals surface area (Å²) in [7, 11) is 0. The van der Waals surface area contributed by atoms with E-state index in [0.717, 1.165) is 62.3 Å². The van der Waals surface area contributed by atoms with Crippen molar-refractivity contribution in [2.75, 3.05) is 13.1 Å². The molecule has 1 aliphatic heterocycles. The predicted molar refractivity (Wildman–Crippen MR) is 115 cm³/mol. The topological polar surface area (TPSA) is 58.4 Å². The standard InChI is InChI=1S/C23H30ClN3O2/c1-16-21(26-23(29-16)18-6-5-7-19(24)14-18)15-27-12-10-17(11-13-27)22(28)25-20-8-3-2-4-9-20/h5-7,14,17,20H,2-4,8-13,15H2,1H3,(H,25,28). The molecule has 1 saturated carbocycles. The minimum Gasteiger partial charge on any atom is -0.441 e. The summed E-state index contributed by atoms with van der Waals surface area (Å²) in [6, 6.07) is 7.97. The summed E-state index contributed by atoms with van der Waals surface area (Å²) in [5.74, 6) is 1.87. The summed E-state index contributed by atoms with van der Waals surface area (Å²) in [5.41, 5.74) is 1.86. The SMILES string of the molecule is Cc1oc(-c2cccc(Cl)c2)nc1CN1CCC(C(=O)NC2CCCCC2)CC1. The van der Waals surface area contributed by atoms with E-state index < -0.39 is 0 Å². The van der Waals surface area contributed by atoms with E-state index in [1.807, 2.05) is 31.2 Å². The van der Waals surface area contributed by atoms with Crippen molar-refractivity contribution in [2.45, 2.75) is 64.5 Å². The Hall–Kier alpha value is -1.85. The predicted octanol–water partition coefficient (Wildman–Crippen LogP) is 4.96. The van der Waals surface area contributed by atoms with Crippen LogP contribution in [0.1, 0.15) is 56.4 Å². The zero-order valence-corrected chi connectivity index (χ0v) is 17.9. The van der Waals surface area contributed by atoms with Crippen molar-refractivity contribution in [2.24, 2.45) is 5.92 Å². The molecule has 5 nitrogen and oxygen atoms in total. The molecule has 1 N–H and O–H groups in total. The van der Waals surface area contributed by atoms with Gasteiger partial charge in [-0.1, -0.05) is 36.9 Å². The van der Waals surface area contributed by atoms with Gasteiger partial charge in [0.1, 0.15) is 5.76 Å². The fourth-order valence-corrected chi connectivity index (χ4v) is 4.64. The molecule has 2 fully saturated rings. The minimum atomic E-state index is 0.147. The van der Waals surface area contributed by atoms with Gasteiger partial charge in [0, 0.05) is 29.1 Å². The van der Waals surface area contributed by atoms with Gasteiger partial charge in [0.2, 0.25) is 11.8 Å². The molecule has 1 aliphatic carbocycles. The van der Waals surface area contributed by atoms with Crippen LogP contribution in [0, 0.1) is 12.8 Å². The highest BCUT2D eigenvalue weighted by molar-refractivity contribution is 6.30. The van der Waals surface area contributed by atoms with Crippen molar-refractivity contribution < 1.29 is 9.21 Å². The number of aryl methyl sites for hydroxylation is 1. The normalized spacial score (nSPS) is 19.4. The smallest absolute Gasteiger partial charge is 0.226 e. The number of hydrogen-bond donors (Lipinski definition) is 1. The van der Waals surface area contributed by atoms with E-state index in [1.165, 1.54) is 19.3 Å². The zero-order valence-electron chi connectivity index (χ0n) is 17.1. The third-order valence-electron chi connectivity index (χ3n) is 6.25. The van der Waals surface area contributed by atoms with Crippen LogP contribution in [0.25, 0.3) is 11.5 Å². The Bertz CT molecular complexity index is 836. The van der Waals surface area contributed by atoms with Crippen LogP contribution in [0.3, 0.4) is 0 Å². The van der Waals surface area contributed by atoms with Crippen molar-refractivity contribution in [3.05, 3.63) is 40.7 Å². The Morgan fingerprint density at radius 3 is 2.69 bits per heavy atom. The van der Waals surface area contributed by atoms with Crippen LogP contribution in [-0.2, 0) is 11.3 Å². The summed E-state index contributed by atoms with van der Waals surface area (Å²) in [4.78, 5) is 19.7. The molecule has 1 saturated heterocycles. The molecular weight excluding hydrogens is 386 g/mol. The molecule has 0 radical (unpaired) electrons. The Morgan fingerprint density at radius 1 is 1.21 bits per heavy atom. The zero-order chi connectivity index (χ0) is 20.2. The first-order chi connectivity index (χ1) is 14.1. The van der Waals surface area contributed by atoms with Gasteiger partial charge >= 0.3 is 0 Å². The van der Waals surface area contributed by atoms with E-state index in [1.54, 1.807) is 0 Å². The number of oxazole rings is 1. The molecule has 0 bridgehead atoms. The summed E-state index contributed by atoms with van der Waals surface area (Å²) in [6.45, 7) is 4.55. The van der Waals surface area contributed by atoms with Crippen molar-refractivity contribution in [1.29, 1.82) is 0 Å². The molecule has 0 atom stereocenters. The lowest BCUT2D eigenvalue weighted by atomic mass is 9.92. The largest absolute Gasteiger partial charge is 0.441 e. The maximum absolute atomic E-state index is 12.6. The van der Waals surface area contributed by atoms with Crippen molar-refractivity contribution >= 4 is 17.5 Å². The Morgan fingerprint density at radius 2 is 1.97 bits per heavy atom. The number of aromatic nitrogens is 1. The van der Waals surface area contributed by atoms with E-state index in [9.17, 15) is 4.79 Å². The molecule has 0 spiro atoms. The lowest BCUT2D eigenvalue weighted by Gasteiger charge is -2.32. The number of carbonyl (C=O) groups excluding carboxylic acids is 1. The van der Waals surface area contributed by atoms with E-state index in [4.69, 9.17) is 21.0 Å². The van der Waals surface area contributed by atoms with Crippen LogP contribution in [0.5, 0.6) is 0 Å². The van der Waals surface area contributed by atoms with Gasteiger partial charge in [-0.15, -0.1) is 0 Å². The molecule has 1 aromatic heterocycles. The molecule has 2 aromatic rings. The summed E-state index contributed by atoms with van der Waals surface area (Å²) < 4.78 is 5.88. The van der Waals surface area contributed by atoms with Crippen LogP contribution in [0.2, 0.25) is 5.02 Å². The molecule has 2 aliphatic rings. The van der Waals surface area contributed by atoms with Crippen LogP contribution >= 0.6 is 11.6 Å². The number of carbonyl (C=O) groups is 1. The fraction of sp³-hybridized carbons (Fsp3) is 0.565. The molecule has 0 unspecified atom stereocenters. The van der Waals surface area contributed by atoms with Crippen LogP contribution in [0.15, 0.2) is 28.7 Å². The second-order valence-corrected chi connectivity index (χ2v) is 8.86. The fourth-order valence-electron chi connectivity index (χ4n) is 4.45. The first-order valence-corrected chi connectivity index (χ1v) is 11.2. The van der Waals surface area contributed by atoms with Gasteiger partial charge in [-0.05, 0) is 63.9 Å². The molecule has 6 heteroatoms. The molecule has 4 rings (SSSR count). The second-order valence-electron chi connectivity index (χ2n) is 8.43. The maximum Gasteiger partial charge on any atom is 0.226 e. The Kier molecular flexibility index (Phi) is 6.56. The van der Waals surface area contributed by atoms with Crippen molar-refractivity contribution in [1.82, 2.24) is 15.2 Å². The van der Waals surface area contributed by atoms with Gasteiger partial charge in [0.15, 0.2) is 0 Å². The Balaban J connectivity index is 1.30. The number of rotatable bonds is 5. The van der Waals surface area contributed by atoms with E-state index in [0.29, 0.717) is 17.0 Å². The van der Waals surface area contributed by atoms with Crippen LogP contribution in [0.4, 0.5) is 0 Å². The van der Waals surface area contributed by atoms with Crippen molar-refractivity contribution in [3.63, 3.8) is 0 Å². The van der Waals surface area contributed by atoms with Crippen LogP contribution in [-0.4, -0.2) is 34.9 Å². The number of hydrogen-bond acceptors (Lipinski definition) is 4. The van der Waals surface area contributed by atoms with Gasteiger partial charge in [-0.3, -0.25) is 9.69 Å². The van der Waals surface area contributed by atoms with E-state index >= 15 is 0 Å².